The third kappa shape index (κ3) is 4.72. The second-order valence-corrected chi connectivity index (χ2v) is 7.70. The zero-order valence-corrected chi connectivity index (χ0v) is 18.0. The van der Waals surface area contributed by atoms with Gasteiger partial charge in [0.15, 0.2) is 0 Å². The number of carbonyl (C=O) groups is 1. The lowest BCUT2D eigenvalue weighted by Gasteiger charge is -2.26. The van der Waals surface area contributed by atoms with Gasteiger partial charge >= 0.3 is 0 Å². The third-order valence-electron chi connectivity index (χ3n) is 5.79. The number of nitrogens with one attached hydrogen (secondary N) is 1. The maximum atomic E-state index is 13.0. The summed E-state index contributed by atoms with van der Waals surface area (Å²) in [5, 5.41) is 3.12. The van der Waals surface area contributed by atoms with Gasteiger partial charge in [-0.3, -0.25) is 9.69 Å². The predicted molar refractivity (Wildman–Crippen MR) is 124 cm³/mol. The molecule has 1 saturated heterocycles. The van der Waals surface area contributed by atoms with Gasteiger partial charge in [0.05, 0.1) is 20.8 Å². The summed E-state index contributed by atoms with van der Waals surface area (Å²) in [6.45, 7) is 1.20. The third-order valence-corrected chi connectivity index (χ3v) is 5.79. The Morgan fingerprint density at radius 2 is 1.77 bits per heavy atom. The van der Waals surface area contributed by atoms with Crippen molar-refractivity contribution in [1.82, 2.24) is 4.90 Å². The van der Waals surface area contributed by atoms with Crippen molar-refractivity contribution in [2.75, 3.05) is 32.6 Å². The minimum absolute atomic E-state index is 0.0165. The largest absolute Gasteiger partial charge is 0.497 e. The van der Waals surface area contributed by atoms with Crippen molar-refractivity contribution in [1.29, 1.82) is 0 Å². The highest BCUT2D eigenvalue weighted by Crippen LogP contribution is 2.38. The summed E-state index contributed by atoms with van der Waals surface area (Å²) in [5.41, 5.74) is 3.99. The molecule has 5 nitrogen and oxygen atoms in total. The van der Waals surface area contributed by atoms with Crippen LogP contribution in [0.3, 0.4) is 0 Å². The number of para-hydroxylation sites is 1. The van der Waals surface area contributed by atoms with Crippen molar-refractivity contribution in [3.05, 3.63) is 78.4 Å². The van der Waals surface area contributed by atoms with Gasteiger partial charge in [-0.2, -0.15) is 0 Å². The number of hydrogen-bond donors (Lipinski definition) is 1. The first-order valence-electron chi connectivity index (χ1n) is 10.6. The highest BCUT2D eigenvalue weighted by molar-refractivity contribution is 5.96. The van der Waals surface area contributed by atoms with Crippen LogP contribution in [0.4, 0.5) is 5.69 Å². The van der Waals surface area contributed by atoms with Gasteiger partial charge in [-0.15, -0.1) is 0 Å². The molecule has 1 fully saturated rings. The normalized spacial score (nSPS) is 16.1. The van der Waals surface area contributed by atoms with E-state index in [0.717, 1.165) is 53.3 Å². The van der Waals surface area contributed by atoms with Gasteiger partial charge in [0, 0.05) is 22.9 Å². The number of methoxy groups -OCH3 is 2. The van der Waals surface area contributed by atoms with Crippen molar-refractivity contribution in [2.45, 2.75) is 18.9 Å². The molecule has 0 saturated carbocycles. The molecule has 160 valence electrons. The van der Waals surface area contributed by atoms with Gasteiger partial charge in [-0.1, -0.05) is 48.5 Å². The molecule has 0 bridgehead atoms. The first-order chi connectivity index (χ1) is 15.2. The molecule has 1 heterocycles. The van der Waals surface area contributed by atoms with Crippen LogP contribution >= 0.6 is 0 Å². The van der Waals surface area contributed by atoms with E-state index >= 15 is 0 Å². The molecule has 0 aliphatic carbocycles. The predicted octanol–water partition coefficient (Wildman–Crippen LogP) is 5.15. The van der Waals surface area contributed by atoms with Crippen molar-refractivity contribution < 1.29 is 14.3 Å². The average Bonchev–Trinajstić information content (AvgIpc) is 3.27. The fourth-order valence-electron chi connectivity index (χ4n) is 4.30. The second-order valence-electron chi connectivity index (χ2n) is 7.70. The lowest BCUT2D eigenvalue weighted by Crippen LogP contribution is -2.33. The topological polar surface area (TPSA) is 50.8 Å². The fourth-order valence-corrected chi connectivity index (χ4v) is 4.30. The van der Waals surface area contributed by atoms with Gasteiger partial charge in [-0.25, -0.2) is 0 Å². The molecule has 3 aromatic carbocycles. The minimum atomic E-state index is -0.0165. The van der Waals surface area contributed by atoms with Crippen LogP contribution in [-0.4, -0.2) is 38.1 Å². The van der Waals surface area contributed by atoms with Crippen LogP contribution in [0, 0.1) is 0 Å². The number of benzene rings is 3. The Hall–Kier alpha value is -3.31. The van der Waals surface area contributed by atoms with Crippen LogP contribution in [0.15, 0.2) is 72.8 Å². The first-order valence-corrected chi connectivity index (χ1v) is 10.6. The Bertz CT molecular complexity index is 1040. The minimum Gasteiger partial charge on any atom is -0.497 e. The van der Waals surface area contributed by atoms with Gasteiger partial charge in [-0.05, 0) is 49.2 Å². The lowest BCUT2D eigenvalue weighted by atomic mass is 10.0. The van der Waals surface area contributed by atoms with E-state index < -0.39 is 0 Å². The summed E-state index contributed by atoms with van der Waals surface area (Å²) in [6.07, 6.45) is 2.02. The van der Waals surface area contributed by atoms with E-state index in [1.165, 1.54) is 0 Å². The summed E-state index contributed by atoms with van der Waals surface area (Å²) in [4.78, 5) is 15.2. The van der Waals surface area contributed by atoms with Gasteiger partial charge in [0.25, 0.3) is 0 Å². The smallest absolute Gasteiger partial charge is 0.238 e. The first kappa shape index (κ1) is 20.9. The van der Waals surface area contributed by atoms with E-state index in [9.17, 15) is 4.79 Å². The number of amides is 1. The van der Waals surface area contributed by atoms with E-state index in [0.29, 0.717) is 6.54 Å². The standard InChI is InChI=1S/C26H28N2O3/c1-30-20-14-15-25(31-2)22(17-20)24-13-8-16-28(24)18-26(29)27-23-12-7-6-11-21(23)19-9-4-3-5-10-19/h3-7,9-12,14-15,17,24H,8,13,16,18H2,1-2H3,(H,27,29)/t24-/m1/s1. The Morgan fingerprint density at radius 1 is 1.00 bits per heavy atom. The molecule has 31 heavy (non-hydrogen) atoms. The van der Waals surface area contributed by atoms with Gasteiger partial charge in [0.2, 0.25) is 5.91 Å². The number of nitrogens with zero attached hydrogens (tertiary/aromatic N) is 1. The number of likely N-dealkylation sites (tertiary alicyclic amines) is 1. The number of carbonyl (C=O) groups excluding carboxylic acids is 1. The molecule has 0 spiro atoms. The van der Waals surface area contributed by atoms with Crippen molar-refractivity contribution in [2.24, 2.45) is 0 Å². The number of ether oxygens (including phenoxy) is 2. The van der Waals surface area contributed by atoms with E-state index in [1.54, 1.807) is 14.2 Å². The summed E-state index contributed by atoms with van der Waals surface area (Å²) in [5.74, 6) is 1.61. The van der Waals surface area contributed by atoms with Crippen molar-refractivity contribution >= 4 is 11.6 Å². The maximum absolute atomic E-state index is 13.0. The molecular weight excluding hydrogens is 388 g/mol. The Balaban J connectivity index is 1.51. The zero-order chi connectivity index (χ0) is 21.6. The van der Waals surface area contributed by atoms with Crippen LogP contribution in [0.25, 0.3) is 11.1 Å². The van der Waals surface area contributed by atoms with E-state index in [-0.39, 0.29) is 11.9 Å². The molecule has 1 aliphatic rings. The van der Waals surface area contributed by atoms with Gasteiger partial charge < -0.3 is 14.8 Å². The van der Waals surface area contributed by atoms with E-state index in [1.807, 2.05) is 60.7 Å². The summed E-state index contributed by atoms with van der Waals surface area (Å²) in [6, 6.07) is 24.0. The molecule has 1 atom stereocenters. The lowest BCUT2D eigenvalue weighted by molar-refractivity contribution is -0.117. The molecule has 5 heteroatoms. The van der Waals surface area contributed by atoms with Crippen LogP contribution in [0.5, 0.6) is 11.5 Å². The van der Waals surface area contributed by atoms with Crippen LogP contribution < -0.4 is 14.8 Å². The molecule has 0 radical (unpaired) electrons. The van der Waals surface area contributed by atoms with Crippen molar-refractivity contribution in [3.8, 4) is 22.6 Å². The SMILES string of the molecule is COc1ccc(OC)c([C@H]2CCCN2CC(=O)Nc2ccccc2-c2ccccc2)c1. The monoisotopic (exact) mass is 416 g/mol. The highest BCUT2D eigenvalue weighted by Gasteiger charge is 2.30. The highest BCUT2D eigenvalue weighted by atomic mass is 16.5. The number of rotatable bonds is 7. The maximum Gasteiger partial charge on any atom is 0.238 e. The molecule has 1 amide bonds. The Kier molecular flexibility index (Phi) is 6.53. The van der Waals surface area contributed by atoms with E-state index in [4.69, 9.17) is 9.47 Å². The van der Waals surface area contributed by atoms with Crippen LogP contribution in [0.1, 0.15) is 24.4 Å². The van der Waals surface area contributed by atoms with Gasteiger partial charge in [0.1, 0.15) is 11.5 Å². The molecule has 1 aliphatic heterocycles. The molecule has 0 unspecified atom stereocenters. The molecule has 3 aromatic rings. The zero-order valence-electron chi connectivity index (χ0n) is 18.0. The average molecular weight is 417 g/mol. The summed E-state index contributed by atoms with van der Waals surface area (Å²) < 4.78 is 11.0. The fraction of sp³-hybridized carbons (Fsp3) is 0.269. The molecule has 0 aromatic heterocycles. The molecule has 4 rings (SSSR count). The van der Waals surface area contributed by atoms with Crippen LogP contribution in [-0.2, 0) is 4.79 Å². The summed E-state index contributed by atoms with van der Waals surface area (Å²) >= 11 is 0. The quantitative estimate of drug-likeness (QED) is 0.579. The molecular formula is C26H28N2O3. The summed E-state index contributed by atoms with van der Waals surface area (Å²) in [7, 11) is 3.34. The molecule has 1 N–H and O–H groups in total. The van der Waals surface area contributed by atoms with Crippen LogP contribution in [0.2, 0.25) is 0 Å². The number of hydrogen-bond acceptors (Lipinski definition) is 4. The number of anilines is 1. The van der Waals surface area contributed by atoms with E-state index in [2.05, 4.69) is 22.3 Å². The Morgan fingerprint density at radius 3 is 2.55 bits per heavy atom. The Labute approximate surface area is 183 Å². The second kappa shape index (κ2) is 9.67. The van der Waals surface area contributed by atoms with Crippen molar-refractivity contribution in [3.63, 3.8) is 0 Å².